The molecule has 1 aromatic heterocycles. The van der Waals surface area contributed by atoms with E-state index in [1.165, 1.54) is 5.56 Å². The number of benzene rings is 2. The fraction of sp³-hybridized carbons (Fsp3) is 0.250. The minimum absolute atomic E-state index is 0.343. The smallest absolute Gasteiger partial charge is 0.276 e. The number of carbonyl (C=O) groups is 1. The second kappa shape index (κ2) is 7.46. The van der Waals surface area contributed by atoms with Crippen LogP contribution in [0.25, 0.3) is 11.0 Å². The van der Waals surface area contributed by atoms with Crippen LogP contribution < -0.4 is 15.6 Å². The van der Waals surface area contributed by atoms with Gasteiger partial charge in [0, 0.05) is 17.4 Å². The maximum absolute atomic E-state index is 13.6. The summed E-state index contributed by atoms with van der Waals surface area (Å²) in [6.45, 7) is -0.343. The van der Waals surface area contributed by atoms with Gasteiger partial charge in [-0.2, -0.15) is 0 Å². The Morgan fingerprint density at radius 2 is 1.89 bits per heavy atom. The number of aryl methyl sites for hydroxylation is 2. The molecule has 1 amide bonds. The average molecular weight is 390 g/mol. The Hall–Kier alpha value is -3.16. The Kier molecular flexibility index (Phi) is 4.85. The maximum atomic E-state index is 13.6. The van der Waals surface area contributed by atoms with E-state index in [1.807, 2.05) is 6.07 Å². The quantitative estimate of drug-likeness (QED) is 0.505. The zero-order chi connectivity index (χ0) is 19.7. The molecule has 0 atom stereocenters. The van der Waals surface area contributed by atoms with E-state index in [-0.39, 0.29) is 6.61 Å². The van der Waals surface area contributed by atoms with E-state index < -0.39 is 29.0 Å². The van der Waals surface area contributed by atoms with Gasteiger partial charge in [-0.3, -0.25) is 15.6 Å². The van der Waals surface area contributed by atoms with Crippen molar-refractivity contribution in [2.45, 2.75) is 25.7 Å². The lowest BCUT2D eigenvalue weighted by molar-refractivity contribution is -0.122. The lowest BCUT2D eigenvalue weighted by Crippen LogP contribution is -2.34. The third kappa shape index (κ3) is 3.49. The maximum Gasteiger partial charge on any atom is 0.276 e. The summed E-state index contributed by atoms with van der Waals surface area (Å²) in [5.74, 6) is -3.46. The Morgan fingerprint density at radius 1 is 1.07 bits per heavy atom. The summed E-state index contributed by atoms with van der Waals surface area (Å²) in [4.78, 5) is 11.9. The van der Waals surface area contributed by atoms with Crippen LogP contribution in [0.2, 0.25) is 0 Å². The first-order chi connectivity index (χ1) is 13.5. The monoisotopic (exact) mass is 390 g/mol. The molecule has 2 aromatic carbocycles. The molecule has 1 heterocycles. The Bertz CT molecular complexity index is 1050. The first-order valence-electron chi connectivity index (χ1n) is 8.88. The largest absolute Gasteiger partial charge is 0.484 e. The van der Waals surface area contributed by atoms with Gasteiger partial charge in [0.25, 0.3) is 5.91 Å². The predicted molar refractivity (Wildman–Crippen MR) is 96.4 cm³/mol. The lowest BCUT2D eigenvalue weighted by atomic mass is 9.96. The van der Waals surface area contributed by atoms with Crippen LogP contribution in [0.5, 0.6) is 5.75 Å². The van der Waals surface area contributed by atoms with Gasteiger partial charge in [0.15, 0.2) is 24.1 Å². The second-order valence-corrected chi connectivity index (χ2v) is 6.55. The van der Waals surface area contributed by atoms with E-state index in [0.717, 1.165) is 54.5 Å². The number of amides is 1. The number of rotatable bonds is 5. The van der Waals surface area contributed by atoms with E-state index >= 15 is 0 Å². The summed E-state index contributed by atoms with van der Waals surface area (Å²) in [6, 6.07) is 7.07. The molecule has 1 aliphatic rings. The molecule has 8 heteroatoms. The molecule has 5 nitrogen and oxygen atoms in total. The number of furan rings is 1. The van der Waals surface area contributed by atoms with Crippen LogP contribution in [-0.4, -0.2) is 12.5 Å². The molecule has 0 radical (unpaired) electrons. The molecule has 0 bridgehead atoms. The molecule has 0 spiro atoms. The fourth-order valence-electron chi connectivity index (χ4n) is 3.28. The molecular weight excluding hydrogens is 373 g/mol. The fourth-order valence-corrected chi connectivity index (χ4v) is 3.28. The third-order valence-electron chi connectivity index (χ3n) is 4.67. The number of hydrogen-bond acceptors (Lipinski definition) is 4. The van der Waals surface area contributed by atoms with Crippen LogP contribution in [0.15, 0.2) is 34.7 Å². The molecular formula is C20H17F3N2O3. The molecule has 28 heavy (non-hydrogen) atoms. The van der Waals surface area contributed by atoms with Crippen molar-refractivity contribution < 1.29 is 27.1 Å². The van der Waals surface area contributed by atoms with Crippen LogP contribution in [0.3, 0.4) is 0 Å². The van der Waals surface area contributed by atoms with Crippen LogP contribution in [-0.2, 0) is 17.6 Å². The SMILES string of the molecule is O=C(COc1ccc2oc3c(c2c1)CCCC3)NNc1ccc(F)c(F)c1F. The number of halogens is 3. The topological polar surface area (TPSA) is 63.5 Å². The Labute approximate surface area is 158 Å². The molecule has 2 N–H and O–H groups in total. The predicted octanol–water partition coefficient (Wildman–Crippen LogP) is 4.25. The molecule has 0 aliphatic heterocycles. The Morgan fingerprint density at radius 3 is 2.75 bits per heavy atom. The summed E-state index contributed by atoms with van der Waals surface area (Å²) >= 11 is 0. The first kappa shape index (κ1) is 18.2. The molecule has 0 saturated heterocycles. The van der Waals surface area contributed by atoms with Crippen molar-refractivity contribution in [3.05, 3.63) is 59.1 Å². The van der Waals surface area contributed by atoms with E-state index in [9.17, 15) is 18.0 Å². The highest BCUT2D eigenvalue weighted by Crippen LogP contribution is 2.33. The highest BCUT2D eigenvalue weighted by atomic mass is 19.2. The molecule has 3 aromatic rings. The van der Waals surface area contributed by atoms with Crippen LogP contribution in [0.1, 0.15) is 24.2 Å². The minimum atomic E-state index is -1.62. The van der Waals surface area contributed by atoms with Gasteiger partial charge in [0.1, 0.15) is 17.1 Å². The van der Waals surface area contributed by atoms with Gasteiger partial charge in [0.2, 0.25) is 0 Å². The summed E-state index contributed by atoms with van der Waals surface area (Å²) in [5.41, 5.74) is 5.97. The number of fused-ring (bicyclic) bond motifs is 3. The van der Waals surface area contributed by atoms with E-state index in [0.29, 0.717) is 5.75 Å². The van der Waals surface area contributed by atoms with Gasteiger partial charge in [-0.15, -0.1) is 0 Å². The first-order valence-corrected chi connectivity index (χ1v) is 8.88. The van der Waals surface area contributed by atoms with Gasteiger partial charge >= 0.3 is 0 Å². The standard InChI is InChI=1S/C20H17F3N2O3/c21-14-6-7-15(20(23)19(14)22)24-25-18(26)10-27-11-5-8-17-13(9-11)12-3-1-2-4-16(12)28-17/h5-9,24H,1-4,10H2,(H,25,26). The lowest BCUT2D eigenvalue weighted by Gasteiger charge is -2.11. The van der Waals surface area contributed by atoms with Gasteiger partial charge in [-0.25, -0.2) is 13.2 Å². The highest BCUT2D eigenvalue weighted by molar-refractivity contribution is 5.84. The summed E-state index contributed by atoms with van der Waals surface area (Å²) in [6.07, 6.45) is 4.11. The molecule has 146 valence electrons. The van der Waals surface area contributed by atoms with Crippen molar-refractivity contribution in [2.75, 3.05) is 12.0 Å². The van der Waals surface area contributed by atoms with Gasteiger partial charge in [-0.05, 0) is 49.6 Å². The zero-order valence-corrected chi connectivity index (χ0v) is 14.8. The molecule has 0 saturated carbocycles. The molecule has 0 fully saturated rings. The number of hydrogen-bond donors (Lipinski definition) is 2. The van der Waals surface area contributed by atoms with Crippen molar-refractivity contribution in [1.29, 1.82) is 0 Å². The van der Waals surface area contributed by atoms with Crippen LogP contribution in [0.4, 0.5) is 18.9 Å². The molecule has 0 unspecified atom stereocenters. The highest BCUT2D eigenvalue weighted by Gasteiger charge is 2.18. The van der Waals surface area contributed by atoms with Crippen LogP contribution in [0, 0.1) is 17.5 Å². The zero-order valence-electron chi connectivity index (χ0n) is 14.8. The summed E-state index contributed by atoms with van der Waals surface area (Å²) < 4.78 is 51.0. The van der Waals surface area contributed by atoms with Gasteiger partial charge < -0.3 is 9.15 Å². The van der Waals surface area contributed by atoms with Gasteiger partial charge in [0.05, 0.1) is 5.69 Å². The van der Waals surface area contributed by atoms with Crippen LogP contribution >= 0.6 is 0 Å². The van der Waals surface area contributed by atoms with E-state index in [4.69, 9.17) is 9.15 Å². The average Bonchev–Trinajstić information content (AvgIpc) is 3.08. The van der Waals surface area contributed by atoms with E-state index in [2.05, 4.69) is 10.9 Å². The Balaban J connectivity index is 1.38. The third-order valence-corrected chi connectivity index (χ3v) is 4.67. The molecule has 1 aliphatic carbocycles. The molecule has 4 rings (SSSR count). The van der Waals surface area contributed by atoms with Crippen molar-refractivity contribution in [2.24, 2.45) is 0 Å². The van der Waals surface area contributed by atoms with Crippen molar-refractivity contribution in [3.8, 4) is 5.75 Å². The number of carbonyl (C=O) groups excluding carboxylic acids is 1. The number of anilines is 1. The summed E-state index contributed by atoms with van der Waals surface area (Å²) in [7, 11) is 0. The number of nitrogens with one attached hydrogen (secondary N) is 2. The van der Waals surface area contributed by atoms with Crippen molar-refractivity contribution in [1.82, 2.24) is 5.43 Å². The summed E-state index contributed by atoms with van der Waals surface area (Å²) in [5, 5.41) is 0.981. The normalized spacial score (nSPS) is 13.2. The minimum Gasteiger partial charge on any atom is -0.484 e. The second-order valence-electron chi connectivity index (χ2n) is 6.55. The van der Waals surface area contributed by atoms with Crippen molar-refractivity contribution in [3.63, 3.8) is 0 Å². The number of hydrazine groups is 1. The van der Waals surface area contributed by atoms with E-state index in [1.54, 1.807) is 12.1 Å². The van der Waals surface area contributed by atoms with Gasteiger partial charge in [-0.1, -0.05) is 0 Å². The van der Waals surface area contributed by atoms with Crippen molar-refractivity contribution >= 4 is 22.6 Å². The number of ether oxygens (including phenoxy) is 1.